The van der Waals surface area contributed by atoms with Gasteiger partial charge in [-0.05, 0) is 11.5 Å². The number of nitrogens with two attached hydrogens (primary N) is 1. The van der Waals surface area contributed by atoms with Crippen LogP contribution in [0.4, 0.5) is 10.8 Å². The maximum Gasteiger partial charge on any atom is 0.182 e. The highest BCUT2D eigenvalue weighted by Crippen LogP contribution is 2.31. The zero-order chi connectivity index (χ0) is 12.5. The van der Waals surface area contributed by atoms with Gasteiger partial charge >= 0.3 is 0 Å². The van der Waals surface area contributed by atoms with Crippen LogP contribution in [-0.4, -0.2) is 24.0 Å². The molecule has 0 saturated carbocycles. The van der Waals surface area contributed by atoms with Gasteiger partial charge in [0.1, 0.15) is 14.9 Å². The van der Waals surface area contributed by atoms with Crippen molar-refractivity contribution in [3.8, 4) is 0 Å². The third-order valence-corrected chi connectivity index (χ3v) is 4.81. The van der Waals surface area contributed by atoms with Crippen LogP contribution < -0.4 is 11.1 Å². The summed E-state index contributed by atoms with van der Waals surface area (Å²) in [5.74, 6) is 0.0409. The van der Waals surface area contributed by atoms with Gasteiger partial charge in [0, 0.05) is 17.8 Å². The standard InChI is InChI=1S/C8H10N4O2S3/c1-17(13,14)6-7(9)12-16-8(6)11-4-5-10-2-3-15-5/h2-3,11H,4H2,1H3,(H2,9,12). The molecule has 2 aromatic heterocycles. The molecule has 2 rings (SSSR count). The van der Waals surface area contributed by atoms with Crippen molar-refractivity contribution < 1.29 is 8.42 Å². The lowest BCUT2D eigenvalue weighted by atomic mass is 10.5. The highest BCUT2D eigenvalue weighted by molar-refractivity contribution is 7.91. The predicted molar refractivity (Wildman–Crippen MR) is 69.1 cm³/mol. The van der Waals surface area contributed by atoms with Gasteiger partial charge in [0.15, 0.2) is 15.7 Å². The average molecular weight is 290 g/mol. The molecule has 2 heterocycles. The molecule has 0 aromatic carbocycles. The lowest BCUT2D eigenvalue weighted by Gasteiger charge is -2.03. The summed E-state index contributed by atoms with van der Waals surface area (Å²) < 4.78 is 26.9. The molecular weight excluding hydrogens is 280 g/mol. The van der Waals surface area contributed by atoms with Crippen LogP contribution >= 0.6 is 22.9 Å². The van der Waals surface area contributed by atoms with E-state index in [1.165, 1.54) is 11.3 Å². The molecule has 2 aromatic rings. The fourth-order valence-corrected chi connectivity index (χ4v) is 3.88. The molecular formula is C8H10N4O2S3. The smallest absolute Gasteiger partial charge is 0.182 e. The molecule has 3 N–H and O–H groups in total. The van der Waals surface area contributed by atoms with Crippen molar-refractivity contribution in [2.24, 2.45) is 0 Å². The molecule has 0 saturated heterocycles. The number of rotatable bonds is 4. The largest absolute Gasteiger partial charge is 0.382 e. The monoisotopic (exact) mass is 290 g/mol. The lowest BCUT2D eigenvalue weighted by Crippen LogP contribution is -2.05. The van der Waals surface area contributed by atoms with Gasteiger partial charge < -0.3 is 11.1 Å². The second-order valence-corrected chi connectivity index (χ2v) is 6.98. The first-order chi connectivity index (χ1) is 7.98. The summed E-state index contributed by atoms with van der Waals surface area (Å²) in [6.45, 7) is 0.460. The molecule has 92 valence electrons. The molecule has 0 bridgehead atoms. The quantitative estimate of drug-likeness (QED) is 0.878. The van der Waals surface area contributed by atoms with Gasteiger partial charge in [-0.3, -0.25) is 0 Å². The molecule has 0 spiro atoms. The Morgan fingerprint density at radius 1 is 1.53 bits per heavy atom. The molecule has 0 aliphatic rings. The van der Waals surface area contributed by atoms with Crippen LogP contribution in [0.25, 0.3) is 0 Å². The first kappa shape index (κ1) is 12.3. The van der Waals surface area contributed by atoms with E-state index in [1.807, 2.05) is 5.38 Å². The Balaban J connectivity index is 2.22. The topological polar surface area (TPSA) is 98.0 Å². The minimum absolute atomic E-state index is 0.0409. The Bertz CT molecular complexity index is 603. The Hall–Kier alpha value is -1.19. The molecule has 0 aliphatic heterocycles. The van der Waals surface area contributed by atoms with Gasteiger partial charge in [0.25, 0.3) is 0 Å². The molecule has 0 amide bonds. The molecule has 0 unspecified atom stereocenters. The number of aromatic nitrogens is 2. The van der Waals surface area contributed by atoms with Crippen molar-refractivity contribution in [2.75, 3.05) is 17.3 Å². The van der Waals surface area contributed by atoms with E-state index in [9.17, 15) is 8.42 Å². The first-order valence-corrected chi connectivity index (χ1v) is 8.10. The van der Waals surface area contributed by atoms with Crippen LogP contribution in [0.3, 0.4) is 0 Å². The van der Waals surface area contributed by atoms with E-state index in [4.69, 9.17) is 5.73 Å². The van der Waals surface area contributed by atoms with Crippen LogP contribution in [0.1, 0.15) is 5.01 Å². The summed E-state index contributed by atoms with van der Waals surface area (Å²) in [5.41, 5.74) is 5.54. The zero-order valence-corrected chi connectivity index (χ0v) is 11.3. The van der Waals surface area contributed by atoms with E-state index in [0.717, 1.165) is 22.8 Å². The Morgan fingerprint density at radius 3 is 2.88 bits per heavy atom. The summed E-state index contributed by atoms with van der Waals surface area (Å²) in [4.78, 5) is 4.16. The van der Waals surface area contributed by atoms with Crippen molar-refractivity contribution >= 4 is 43.5 Å². The van der Waals surface area contributed by atoms with Crippen molar-refractivity contribution in [2.45, 2.75) is 11.4 Å². The van der Waals surface area contributed by atoms with Crippen molar-refractivity contribution in [3.63, 3.8) is 0 Å². The van der Waals surface area contributed by atoms with E-state index in [-0.39, 0.29) is 10.7 Å². The molecule has 0 radical (unpaired) electrons. The van der Waals surface area contributed by atoms with E-state index in [0.29, 0.717) is 11.5 Å². The Labute approximate surface area is 107 Å². The van der Waals surface area contributed by atoms with Crippen molar-refractivity contribution in [1.82, 2.24) is 9.36 Å². The molecule has 17 heavy (non-hydrogen) atoms. The number of nitrogens with zero attached hydrogens (tertiary/aromatic N) is 2. The van der Waals surface area contributed by atoms with E-state index < -0.39 is 9.84 Å². The zero-order valence-electron chi connectivity index (χ0n) is 8.87. The molecule has 0 fully saturated rings. The fraction of sp³-hybridized carbons (Fsp3) is 0.250. The highest BCUT2D eigenvalue weighted by Gasteiger charge is 2.21. The number of hydrogen-bond acceptors (Lipinski definition) is 8. The maximum absolute atomic E-state index is 11.5. The third kappa shape index (κ3) is 2.73. The number of nitrogens with one attached hydrogen (secondary N) is 1. The number of anilines is 2. The normalized spacial score (nSPS) is 11.6. The summed E-state index contributed by atoms with van der Waals surface area (Å²) in [6.07, 6.45) is 2.81. The minimum atomic E-state index is -3.37. The van der Waals surface area contributed by atoms with Gasteiger partial charge in [-0.1, -0.05) is 0 Å². The van der Waals surface area contributed by atoms with E-state index >= 15 is 0 Å². The van der Waals surface area contributed by atoms with Gasteiger partial charge in [0.05, 0.1) is 6.54 Å². The Kier molecular flexibility index (Phi) is 3.31. The Morgan fingerprint density at radius 2 is 2.29 bits per heavy atom. The van der Waals surface area contributed by atoms with Gasteiger partial charge in [-0.2, -0.15) is 4.37 Å². The predicted octanol–water partition coefficient (Wildman–Crippen LogP) is 1.20. The average Bonchev–Trinajstić information content (AvgIpc) is 2.82. The molecule has 6 nitrogen and oxygen atoms in total. The summed E-state index contributed by atoms with van der Waals surface area (Å²) in [6, 6.07) is 0. The minimum Gasteiger partial charge on any atom is -0.382 e. The highest BCUT2D eigenvalue weighted by atomic mass is 32.2. The van der Waals surface area contributed by atoms with Crippen LogP contribution in [0.2, 0.25) is 0 Å². The van der Waals surface area contributed by atoms with E-state index in [2.05, 4.69) is 14.7 Å². The van der Waals surface area contributed by atoms with Crippen LogP contribution in [-0.2, 0) is 16.4 Å². The van der Waals surface area contributed by atoms with Crippen LogP contribution in [0.5, 0.6) is 0 Å². The fourth-order valence-electron chi connectivity index (χ4n) is 1.26. The van der Waals surface area contributed by atoms with Gasteiger partial charge in [0.2, 0.25) is 0 Å². The second kappa shape index (κ2) is 4.59. The van der Waals surface area contributed by atoms with E-state index in [1.54, 1.807) is 6.20 Å². The summed E-state index contributed by atoms with van der Waals surface area (Å²) in [7, 11) is -3.37. The van der Waals surface area contributed by atoms with Gasteiger partial charge in [-0.15, -0.1) is 11.3 Å². The maximum atomic E-state index is 11.5. The number of thiazole rings is 1. The summed E-state index contributed by atoms with van der Waals surface area (Å²) >= 11 is 2.53. The lowest BCUT2D eigenvalue weighted by molar-refractivity contribution is 0.602. The molecule has 9 heteroatoms. The van der Waals surface area contributed by atoms with Crippen molar-refractivity contribution in [1.29, 1.82) is 0 Å². The first-order valence-electron chi connectivity index (χ1n) is 4.56. The molecule has 0 aliphatic carbocycles. The second-order valence-electron chi connectivity index (χ2n) is 3.28. The van der Waals surface area contributed by atoms with Crippen LogP contribution in [0, 0.1) is 0 Å². The van der Waals surface area contributed by atoms with Gasteiger partial charge in [-0.25, -0.2) is 13.4 Å². The SMILES string of the molecule is CS(=O)(=O)c1c(N)nsc1NCc1nccs1. The summed E-state index contributed by atoms with van der Waals surface area (Å²) in [5, 5.41) is 6.17. The number of hydrogen-bond donors (Lipinski definition) is 2. The number of nitrogen functional groups attached to an aromatic ring is 1. The third-order valence-electron chi connectivity index (χ3n) is 1.93. The number of sulfone groups is 1. The van der Waals surface area contributed by atoms with Crippen LogP contribution in [0.15, 0.2) is 16.5 Å². The van der Waals surface area contributed by atoms with Crippen molar-refractivity contribution in [3.05, 3.63) is 16.6 Å². The molecule has 0 atom stereocenters.